The zero-order valence-corrected chi connectivity index (χ0v) is 14.4. The summed E-state index contributed by atoms with van der Waals surface area (Å²) in [6.45, 7) is 3.58. The summed E-state index contributed by atoms with van der Waals surface area (Å²) >= 11 is 1.54. The number of aryl methyl sites for hydroxylation is 3. The van der Waals surface area contributed by atoms with E-state index in [0.717, 1.165) is 10.4 Å². The summed E-state index contributed by atoms with van der Waals surface area (Å²) in [6, 6.07) is 5.34. The second kappa shape index (κ2) is 6.45. The minimum atomic E-state index is -0.203. The van der Waals surface area contributed by atoms with Crippen LogP contribution in [0.3, 0.4) is 0 Å². The Kier molecular flexibility index (Phi) is 4.35. The number of carbonyl (C=O) groups excluding carboxylic acids is 1. The van der Waals surface area contributed by atoms with E-state index in [-0.39, 0.29) is 17.9 Å². The molecule has 7 heteroatoms. The van der Waals surface area contributed by atoms with Gasteiger partial charge in [0.25, 0.3) is 5.56 Å². The number of nitrogens with zero attached hydrogens (tertiary/aromatic N) is 2. The Labute approximate surface area is 142 Å². The minimum absolute atomic E-state index is 0.113. The van der Waals surface area contributed by atoms with Crippen LogP contribution in [0.4, 0.5) is 5.69 Å². The SMILES string of the molecule is Cc1cc(=O)n(C)cc1NC(=O)Cc1nc(-c2cccs2)oc1C. The van der Waals surface area contributed by atoms with Crippen molar-refractivity contribution in [2.75, 3.05) is 5.32 Å². The lowest BCUT2D eigenvalue weighted by Gasteiger charge is -2.09. The van der Waals surface area contributed by atoms with Crippen LogP contribution in [0.15, 0.2) is 39.0 Å². The Morgan fingerprint density at radius 2 is 2.21 bits per heavy atom. The van der Waals surface area contributed by atoms with Crippen LogP contribution >= 0.6 is 11.3 Å². The Morgan fingerprint density at radius 1 is 1.42 bits per heavy atom. The molecule has 3 heterocycles. The lowest BCUT2D eigenvalue weighted by atomic mass is 10.2. The van der Waals surface area contributed by atoms with Crippen molar-refractivity contribution >= 4 is 22.9 Å². The normalized spacial score (nSPS) is 10.8. The highest BCUT2D eigenvalue weighted by Crippen LogP contribution is 2.26. The van der Waals surface area contributed by atoms with Gasteiger partial charge in [-0.15, -0.1) is 11.3 Å². The van der Waals surface area contributed by atoms with E-state index in [9.17, 15) is 9.59 Å². The van der Waals surface area contributed by atoms with Crippen LogP contribution in [0.25, 0.3) is 10.8 Å². The van der Waals surface area contributed by atoms with Crippen molar-refractivity contribution in [1.29, 1.82) is 0 Å². The van der Waals surface area contributed by atoms with E-state index in [1.54, 1.807) is 27.1 Å². The van der Waals surface area contributed by atoms with Gasteiger partial charge in [0.1, 0.15) is 5.76 Å². The number of pyridine rings is 1. The van der Waals surface area contributed by atoms with Crippen molar-refractivity contribution in [3.05, 3.63) is 57.1 Å². The molecule has 0 spiro atoms. The van der Waals surface area contributed by atoms with Crippen molar-refractivity contribution in [3.63, 3.8) is 0 Å². The molecule has 1 N–H and O–H groups in total. The van der Waals surface area contributed by atoms with E-state index in [1.807, 2.05) is 17.5 Å². The van der Waals surface area contributed by atoms with Crippen molar-refractivity contribution in [3.8, 4) is 10.8 Å². The number of rotatable bonds is 4. The van der Waals surface area contributed by atoms with Gasteiger partial charge in [0.05, 0.1) is 22.7 Å². The molecule has 24 heavy (non-hydrogen) atoms. The van der Waals surface area contributed by atoms with E-state index < -0.39 is 0 Å². The molecule has 124 valence electrons. The van der Waals surface area contributed by atoms with Crippen molar-refractivity contribution in [2.24, 2.45) is 7.05 Å². The summed E-state index contributed by atoms with van der Waals surface area (Å²) in [5, 5.41) is 4.77. The van der Waals surface area contributed by atoms with E-state index in [2.05, 4.69) is 10.3 Å². The predicted octanol–water partition coefficient (Wildman–Crippen LogP) is 2.90. The molecule has 0 radical (unpaired) electrons. The molecule has 0 saturated heterocycles. The highest BCUT2D eigenvalue weighted by Gasteiger charge is 2.16. The van der Waals surface area contributed by atoms with Gasteiger partial charge in [-0.1, -0.05) is 6.07 Å². The molecule has 0 bridgehead atoms. The Bertz CT molecular complexity index is 939. The monoisotopic (exact) mass is 343 g/mol. The molecule has 0 aromatic carbocycles. The number of carbonyl (C=O) groups is 1. The smallest absolute Gasteiger partial charge is 0.250 e. The number of aromatic nitrogens is 2. The zero-order chi connectivity index (χ0) is 17.3. The zero-order valence-electron chi connectivity index (χ0n) is 13.6. The largest absolute Gasteiger partial charge is 0.440 e. The molecule has 3 rings (SSSR count). The maximum Gasteiger partial charge on any atom is 0.250 e. The van der Waals surface area contributed by atoms with Gasteiger partial charge in [0, 0.05) is 19.3 Å². The predicted molar refractivity (Wildman–Crippen MR) is 93.3 cm³/mol. The molecule has 3 aromatic heterocycles. The van der Waals surface area contributed by atoms with Crippen LogP contribution < -0.4 is 10.9 Å². The minimum Gasteiger partial charge on any atom is -0.440 e. The molecule has 1 amide bonds. The van der Waals surface area contributed by atoms with Crippen LogP contribution in [0, 0.1) is 13.8 Å². The van der Waals surface area contributed by atoms with Crippen LogP contribution in [-0.4, -0.2) is 15.5 Å². The third-order valence-electron chi connectivity index (χ3n) is 3.66. The average Bonchev–Trinajstić information content (AvgIpc) is 3.15. The maximum absolute atomic E-state index is 12.3. The van der Waals surface area contributed by atoms with Gasteiger partial charge < -0.3 is 14.3 Å². The summed E-state index contributed by atoms with van der Waals surface area (Å²) in [5.74, 6) is 0.959. The molecule has 0 aliphatic heterocycles. The molecule has 0 aliphatic rings. The first kappa shape index (κ1) is 16.2. The molecular formula is C17H17N3O3S. The topological polar surface area (TPSA) is 77.1 Å². The quantitative estimate of drug-likeness (QED) is 0.790. The van der Waals surface area contributed by atoms with E-state index >= 15 is 0 Å². The van der Waals surface area contributed by atoms with Gasteiger partial charge in [-0.2, -0.15) is 0 Å². The Hall–Kier alpha value is -2.67. The first-order chi connectivity index (χ1) is 11.4. The van der Waals surface area contributed by atoms with E-state index in [4.69, 9.17) is 4.42 Å². The summed E-state index contributed by atoms with van der Waals surface area (Å²) in [6.07, 6.45) is 1.73. The summed E-state index contributed by atoms with van der Waals surface area (Å²) < 4.78 is 7.07. The highest BCUT2D eigenvalue weighted by molar-refractivity contribution is 7.13. The van der Waals surface area contributed by atoms with Crippen LogP contribution in [0.2, 0.25) is 0 Å². The molecule has 0 atom stereocenters. The van der Waals surface area contributed by atoms with E-state index in [1.165, 1.54) is 22.0 Å². The molecule has 0 saturated carbocycles. The number of hydrogen-bond donors (Lipinski definition) is 1. The van der Waals surface area contributed by atoms with Gasteiger partial charge in [0.15, 0.2) is 0 Å². The van der Waals surface area contributed by atoms with E-state index in [0.29, 0.717) is 23.0 Å². The van der Waals surface area contributed by atoms with Gasteiger partial charge in [0.2, 0.25) is 11.8 Å². The standard InChI is InChI=1S/C17H17N3O3S/c1-10-7-16(22)20(3)9-13(10)18-15(21)8-12-11(2)23-17(19-12)14-5-4-6-24-14/h4-7,9H,8H2,1-3H3,(H,18,21). The van der Waals surface area contributed by atoms with Crippen molar-refractivity contribution < 1.29 is 9.21 Å². The van der Waals surface area contributed by atoms with Gasteiger partial charge in [-0.25, -0.2) is 4.98 Å². The average molecular weight is 343 g/mol. The van der Waals surface area contributed by atoms with Gasteiger partial charge >= 0.3 is 0 Å². The van der Waals surface area contributed by atoms with Crippen LogP contribution in [0.5, 0.6) is 0 Å². The number of hydrogen-bond acceptors (Lipinski definition) is 5. The lowest BCUT2D eigenvalue weighted by Crippen LogP contribution is -2.20. The van der Waals surface area contributed by atoms with Crippen molar-refractivity contribution in [2.45, 2.75) is 20.3 Å². The third-order valence-corrected chi connectivity index (χ3v) is 4.52. The molecular weight excluding hydrogens is 326 g/mol. The molecule has 3 aromatic rings. The fraction of sp³-hybridized carbons (Fsp3) is 0.235. The summed E-state index contributed by atoms with van der Waals surface area (Å²) in [7, 11) is 1.65. The number of amides is 1. The maximum atomic E-state index is 12.3. The second-order valence-electron chi connectivity index (χ2n) is 5.54. The third kappa shape index (κ3) is 3.30. The van der Waals surface area contributed by atoms with Crippen molar-refractivity contribution in [1.82, 2.24) is 9.55 Å². The van der Waals surface area contributed by atoms with Crippen LogP contribution in [-0.2, 0) is 18.3 Å². The summed E-state index contributed by atoms with van der Waals surface area (Å²) in [5.41, 5.74) is 1.83. The molecule has 6 nitrogen and oxygen atoms in total. The number of anilines is 1. The number of nitrogens with one attached hydrogen (secondary N) is 1. The molecule has 0 unspecified atom stereocenters. The fourth-order valence-electron chi connectivity index (χ4n) is 2.30. The van der Waals surface area contributed by atoms with Gasteiger partial charge in [-0.3, -0.25) is 9.59 Å². The first-order valence-electron chi connectivity index (χ1n) is 7.41. The highest BCUT2D eigenvalue weighted by atomic mass is 32.1. The number of thiophene rings is 1. The second-order valence-corrected chi connectivity index (χ2v) is 6.49. The fourth-order valence-corrected chi connectivity index (χ4v) is 2.95. The molecule has 0 aliphatic carbocycles. The first-order valence-corrected chi connectivity index (χ1v) is 8.29. The van der Waals surface area contributed by atoms with Gasteiger partial charge in [-0.05, 0) is 30.9 Å². The summed E-state index contributed by atoms with van der Waals surface area (Å²) in [4.78, 5) is 29.2. The lowest BCUT2D eigenvalue weighted by molar-refractivity contribution is -0.115. The molecule has 0 fully saturated rings. The Morgan fingerprint density at radius 3 is 2.92 bits per heavy atom. The van der Waals surface area contributed by atoms with Crippen LogP contribution in [0.1, 0.15) is 17.0 Å². The number of oxazole rings is 1. The Balaban J connectivity index is 1.76.